The molecule has 1 aliphatic heterocycles. The summed E-state index contributed by atoms with van der Waals surface area (Å²) in [6.07, 6.45) is 1.58. The number of imide groups is 1. The number of aromatic hydroxyl groups is 1. The topological polar surface area (TPSA) is 57.6 Å². The number of hydrogen-bond acceptors (Lipinski definition) is 4. The summed E-state index contributed by atoms with van der Waals surface area (Å²) in [6, 6.07) is 11.4. The van der Waals surface area contributed by atoms with E-state index in [9.17, 15) is 14.7 Å². The van der Waals surface area contributed by atoms with Crippen LogP contribution >= 0.6 is 35.0 Å². The quantitative estimate of drug-likeness (QED) is 0.767. The van der Waals surface area contributed by atoms with E-state index in [0.717, 1.165) is 16.7 Å². The number of phenolic OH excluding ortho intramolecular Hbond substituents is 1. The van der Waals surface area contributed by atoms with Gasteiger partial charge < -0.3 is 5.11 Å². The second kappa shape index (κ2) is 6.89. The smallest absolute Gasteiger partial charge is 0.293 e. The molecule has 1 fully saturated rings. The van der Waals surface area contributed by atoms with Crippen LogP contribution in [0, 0.1) is 0 Å². The molecule has 4 nitrogen and oxygen atoms in total. The van der Waals surface area contributed by atoms with Crippen LogP contribution in [0.5, 0.6) is 5.75 Å². The van der Waals surface area contributed by atoms with Gasteiger partial charge in [0.25, 0.3) is 11.1 Å². The van der Waals surface area contributed by atoms with Crippen LogP contribution in [0.2, 0.25) is 10.0 Å². The van der Waals surface area contributed by atoms with Crippen LogP contribution in [0.1, 0.15) is 11.1 Å². The molecule has 1 saturated heterocycles. The fourth-order valence-corrected chi connectivity index (χ4v) is 3.38. The van der Waals surface area contributed by atoms with Crippen LogP contribution in [-0.4, -0.2) is 21.2 Å². The van der Waals surface area contributed by atoms with Gasteiger partial charge in [-0.2, -0.15) is 0 Å². The van der Waals surface area contributed by atoms with Gasteiger partial charge in [0.1, 0.15) is 5.75 Å². The summed E-state index contributed by atoms with van der Waals surface area (Å²) < 4.78 is 0. The van der Waals surface area contributed by atoms with E-state index >= 15 is 0 Å². The number of thioether (sulfide) groups is 1. The molecule has 122 valence electrons. The van der Waals surface area contributed by atoms with Crippen molar-refractivity contribution >= 4 is 52.2 Å². The monoisotopic (exact) mass is 379 g/mol. The van der Waals surface area contributed by atoms with E-state index in [0.29, 0.717) is 26.1 Å². The van der Waals surface area contributed by atoms with Gasteiger partial charge in [-0.05, 0) is 53.2 Å². The molecule has 0 aromatic heterocycles. The van der Waals surface area contributed by atoms with E-state index in [1.165, 1.54) is 12.1 Å². The molecule has 0 unspecified atom stereocenters. The predicted molar refractivity (Wildman–Crippen MR) is 96.1 cm³/mol. The highest BCUT2D eigenvalue weighted by atomic mass is 35.5. The van der Waals surface area contributed by atoms with Crippen LogP contribution in [0.4, 0.5) is 4.79 Å². The van der Waals surface area contributed by atoms with Crippen molar-refractivity contribution in [3.05, 3.63) is 68.5 Å². The molecule has 1 heterocycles. The first-order valence-corrected chi connectivity index (χ1v) is 8.49. The molecule has 2 aromatic carbocycles. The van der Waals surface area contributed by atoms with Crippen molar-refractivity contribution in [3.8, 4) is 5.75 Å². The van der Waals surface area contributed by atoms with Crippen LogP contribution < -0.4 is 0 Å². The summed E-state index contributed by atoms with van der Waals surface area (Å²) in [5.41, 5.74) is 1.36. The molecular formula is C17H11Cl2NO3S. The summed E-state index contributed by atoms with van der Waals surface area (Å²) >= 11 is 12.7. The molecule has 0 saturated carbocycles. The Labute approximate surface area is 152 Å². The van der Waals surface area contributed by atoms with Crippen molar-refractivity contribution in [1.82, 2.24) is 4.90 Å². The molecule has 0 radical (unpaired) electrons. The summed E-state index contributed by atoms with van der Waals surface area (Å²) in [6.45, 7) is 0.124. The Bertz CT molecular complexity index is 867. The average molecular weight is 380 g/mol. The lowest BCUT2D eigenvalue weighted by Gasteiger charge is -2.12. The zero-order chi connectivity index (χ0) is 17.3. The lowest BCUT2D eigenvalue weighted by Crippen LogP contribution is -2.27. The molecule has 1 N–H and O–H groups in total. The van der Waals surface area contributed by atoms with Gasteiger partial charge in [-0.1, -0.05) is 41.4 Å². The number of benzene rings is 2. The number of hydrogen-bond donors (Lipinski definition) is 1. The van der Waals surface area contributed by atoms with Crippen LogP contribution in [0.25, 0.3) is 6.08 Å². The van der Waals surface area contributed by atoms with Gasteiger partial charge in [-0.15, -0.1) is 0 Å². The van der Waals surface area contributed by atoms with Crippen molar-refractivity contribution in [2.24, 2.45) is 0 Å². The highest BCUT2D eigenvalue weighted by molar-refractivity contribution is 8.18. The lowest BCUT2D eigenvalue weighted by molar-refractivity contribution is -0.123. The summed E-state index contributed by atoms with van der Waals surface area (Å²) in [7, 11) is 0. The Morgan fingerprint density at radius 1 is 1.08 bits per heavy atom. The average Bonchev–Trinajstić information content (AvgIpc) is 2.78. The van der Waals surface area contributed by atoms with Gasteiger partial charge in [0, 0.05) is 0 Å². The minimum absolute atomic E-state index is 0.0961. The third kappa shape index (κ3) is 3.59. The molecule has 2 aromatic rings. The number of amides is 2. The minimum Gasteiger partial charge on any atom is -0.508 e. The molecule has 0 spiro atoms. The summed E-state index contributed by atoms with van der Waals surface area (Å²) in [5, 5.41) is 9.92. The number of rotatable bonds is 3. The number of halogens is 2. The maximum atomic E-state index is 12.5. The van der Waals surface area contributed by atoms with Gasteiger partial charge in [0.2, 0.25) is 0 Å². The first kappa shape index (κ1) is 16.9. The molecule has 0 bridgehead atoms. The van der Waals surface area contributed by atoms with Gasteiger partial charge in [-0.25, -0.2) is 0 Å². The SMILES string of the molecule is O=C1S/C(=C/c2cccc(O)c2)C(=O)N1Cc1ccc(Cl)c(Cl)c1. The summed E-state index contributed by atoms with van der Waals surface area (Å²) in [4.78, 5) is 26.0. The molecule has 7 heteroatoms. The van der Waals surface area contributed by atoms with Crippen molar-refractivity contribution in [1.29, 1.82) is 0 Å². The summed E-state index contributed by atoms with van der Waals surface area (Å²) in [5.74, 6) is -0.279. The van der Waals surface area contributed by atoms with Crippen molar-refractivity contribution in [2.75, 3.05) is 0 Å². The molecular weight excluding hydrogens is 369 g/mol. The van der Waals surface area contributed by atoms with Gasteiger partial charge in [-0.3, -0.25) is 14.5 Å². The van der Waals surface area contributed by atoms with E-state index in [1.807, 2.05) is 0 Å². The zero-order valence-corrected chi connectivity index (χ0v) is 14.5. The third-order valence-corrected chi connectivity index (χ3v) is 5.01. The predicted octanol–water partition coefficient (Wildman–Crippen LogP) is 4.94. The van der Waals surface area contributed by atoms with Crippen LogP contribution in [0.15, 0.2) is 47.4 Å². The highest BCUT2D eigenvalue weighted by Crippen LogP contribution is 2.34. The normalized spacial score (nSPS) is 16.2. The Kier molecular flexibility index (Phi) is 4.85. The van der Waals surface area contributed by atoms with E-state index in [-0.39, 0.29) is 23.4 Å². The van der Waals surface area contributed by atoms with Crippen molar-refractivity contribution in [3.63, 3.8) is 0 Å². The Balaban J connectivity index is 1.82. The minimum atomic E-state index is -0.376. The molecule has 24 heavy (non-hydrogen) atoms. The van der Waals surface area contributed by atoms with E-state index in [2.05, 4.69) is 0 Å². The Morgan fingerprint density at radius 2 is 1.88 bits per heavy atom. The van der Waals surface area contributed by atoms with E-state index in [1.54, 1.807) is 36.4 Å². The first-order valence-electron chi connectivity index (χ1n) is 6.92. The third-order valence-electron chi connectivity index (χ3n) is 3.37. The molecule has 1 aliphatic rings. The largest absolute Gasteiger partial charge is 0.508 e. The second-order valence-electron chi connectivity index (χ2n) is 5.11. The second-order valence-corrected chi connectivity index (χ2v) is 6.92. The van der Waals surface area contributed by atoms with Crippen LogP contribution in [-0.2, 0) is 11.3 Å². The van der Waals surface area contributed by atoms with Crippen molar-refractivity contribution in [2.45, 2.75) is 6.54 Å². The zero-order valence-electron chi connectivity index (χ0n) is 12.2. The van der Waals surface area contributed by atoms with E-state index < -0.39 is 0 Å². The molecule has 0 atom stereocenters. The standard InChI is InChI=1S/C17H11Cl2NO3S/c18-13-5-4-11(7-14(13)19)9-20-16(22)15(24-17(20)23)8-10-2-1-3-12(21)6-10/h1-8,21H,9H2/b15-8+. The first-order chi connectivity index (χ1) is 11.4. The molecule has 2 amide bonds. The number of carbonyl (C=O) groups is 2. The fraction of sp³-hybridized carbons (Fsp3) is 0.0588. The maximum absolute atomic E-state index is 12.5. The number of nitrogens with zero attached hydrogens (tertiary/aromatic N) is 1. The maximum Gasteiger partial charge on any atom is 0.293 e. The Morgan fingerprint density at radius 3 is 2.58 bits per heavy atom. The highest BCUT2D eigenvalue weighted by Gasteiger charge is 2.35. The van der Waals surface area contributed by atoms with Gasteiger partial charge in [0.05, 0.1) is 21.5 Å². The number of carbonyl (C=O) groups excluding carboxylic acids is 2. The Hall–Kier alpha value is -1.95. The van der Waals surface area contributed by atoms with Gasteiger partial charge >= 0.3 is 0 Å². The fourth-order valence-electron chi connectivity index (χ4n) is 2.22. The molecule has 0 aliphatic carbocycles. The molecule has 3 rings (SSSR count). The lowest BCUT2D eigenvalue weighted by atomic mass is 10.2. The van der Waals surface area contributed by atoms with Crippen molar-refractivity contribution < 1.29 is 14.7 Å². The van der Waals surface area contributed by atoms with Crippen LogP contribution in [0.3, 0.4) is 0 Å². The number of phenols is 1. The van der Waals surface area contributed by atoms with E-state index in [4.69, 9.17) is 23.2 Å². The van der Waals surface area contributed by atoms with Gasteiger partial charge in [0.15, 0.2) is 0 Å².